The molecule has 0 radical (unpaired) electrons. The second-order valence-electron chi connectivity index (χ2n) is 6.53. The molecule has 1 saturated heterocycles. The maximum Gasteiger partial charge on any atom is 0.418 e. The normalized spacial score (nSPS) is 17.0. The van der Waals surface area contributed by atoms with Crippen molar-refractivity contribution in [1.29, 1.82) is 0 Å². The molecule has 1 atom stereocenters. The van der Waals surface area contributed by atoms with Crippen LogP contribution in [-0.2, 0) is 22.3 Å². The van der Waals surface area contributed by atoms with E-state index >= 15 is 0 Å². The fourth-order valence-corrected chi connectivity index (χ4v) is 3.02. The zero-order valence-electron chi connectivity index (χ0n) is 14.9. The molecule has 7 heteroatoms. The Bertz CT molecular complexity index is 815. The molecule has 1 aliphatic rings. The van der Waals surface area contributed by atoms with Crippen LogP contribution in [0.15, 0.2) is 42.5 Å². The average Bonchev–Trinajstić information content (AvgIpc) is 3.16. The van der Waals surface area contributed by atoms with Crippen molar-refractivity contribution in [3.63, 3.8) is 0 Å². The molecule has 1 unspecified atom stereocenters. The molecule has 0 bridgehead atoms. The summed E-state index contributed by atoms with van der Waals surface area (Å²) in [5, 5.41) is 5.37. The second kappa shape index (κ2) is 8.00. The third-order valence-electron chi connectivity index (χ3n) is 4.55. The Kier molecular flexibility index (Phi) is 5.70. The van der Waals surface area contributed by atoms with Crippen LogP contribution in [0.3, 0.4) is 0 Å². The van der Waals surface area contributed by atoms with Gasteiger partial charge in [-0.15, -0.1) is 0 Å². The smallest absolute Gasteiger partial charge is 0.380 e. The van der Waals surface area contributed by atoms with Crippen molar-refractivity contribution in [2.24, 2.45) is 0 Å². The molecule has 27 heavy (non-hydrogen) atoms. The Hall–Kier alpha value is -2.54. The standard InChI is InChI=1S/C20H21F3N2O2/c1-13-5-2-3-6-14(13)12-24-17-9-8-15(11-16(17)20(21,22)23)25-19(26)18-7-4-10-27-18/h2-3,5-6,8-9,11,18,24H,4,7,10,12H2,1H3,(H,25,26). The fourth-order valence-electron chi connectivity index (χ4n) is 3.02. The Morgan fingerprint density at radius 2 is 2.00 bits per heavy atom. The number of hydrogen-bond acceptors (Lipinski definition) is 3. The number of alkyl halides is 3. The van der Waals surface area contributed by atoms with Crippen LogP contribution in [0.2, 0.25) is 0 Å². The van der Waals surface area contributed by atoms with E-state index in [1.165, 1.54) is 12.1 Å². The van der Waals surface area contributed by atoms with Crippen molar-refractivity contribution >= 4 is 17.3 Å². The molecule has 1 fully saturated rings. The number of amides is 1. The van der Waals surface area contributed by atoms with Crippen molar-refractivity contribution in [2.75, 3.05) is 17.2 Å². The van der Waals surface area contributed by atoms with Crippen LogP contribution >= 0.6 is 0 Å². The summed E-state index contributed by atoms with van der Waals surface area (Å²) >= 11 is 0. The highest BCUT2D eigenvalue weighted by atomic mass is 19.4. The first-order valence-corrected chi connectivity index (χ1v) is 8.76. The summed E-state index contributed by atoms with van der Waals surface area (Å²) in [5.74, 6) is -0.416. The van der Waals surface area contributed by atoms with Gasteiger partial charge in [0.15, 0.2) is 0 Å². The lowest BCUT2D eigenvalue weighted by molar-refractivity contribution is -0.137. The third kappa shape index (κ3) is 4.80. The molecule has 4 nitrogen and oxygen atoms in total. The number of aryl methyl sites for hydroxylation is 1. The maximum absolute atomic E-state index is 13.5. The van der Waals surface area contributed by atoms with E-state index < -0.39 is 23.8 Å². The summed E-state index contributed by atoms with van der Waals surface area (Å²) in [6, 6.07) is 11.3. The summed E-state index contributed by atoms with van der Waals surface area (Å²) in [5.41, 5.74) is 1.17. The quantitative estimate of drug-likeness (QED) is 0.790. The average molecular weight is 378 g/mol. The van der Waals surface area contributed by atoms with Gasteiger partial charge in [-0.2, -0.15) is 13.2 Å². The molecule has 2 N–H and O–H groups in total. The highest BCUT2D eigenvalue weighted by molar-refractivity contribution is 5.94. The first-order valence-electron chi connectivity index (χ1n) is 8.76. The molecule has 3 rings (SSSR count). The molecule has 0 spiro atoms. The number of hydrogen-bond donors (Lipinski definition) is 2. The molecule has 0 saturated carbocycles. The van der Waals surface area contributed by atoms with Crippen LogP contribution in [0.5, 0.6) is 0 Å². The van der Waals surface area contributed by atoms with Gasteiger partial charge in [-0.1, -0.05) is 24.3 Å². The molecular formula is C20H21F3N2O2. The lowest BCUT2D eigenvalue weighted by Crippen LogP contribution is -2.27. The number of benzene rings is 2. The number of anilines is 2. The van der Waals surface area contributed by atoms with E-state index in [9.17, 15) is 18.0 Å². The van der Waals surface area contributed by atoms with Gasteiger partial charge in [-0.05, 0) is 49.1 Å². The van der Waals surface area contributed by atoms with Crippen molar-refractivity contribution in [1.82, 2.24) is 0 Å². The molecule has 2 aromatic carbocycles. The van der Waals surface area contributed by atoms with E-state index in [-0.39, 0.29) is 17.9 Å². The predicted octanol–water partition coefficient (Wildman–Crippen LogP) is 4.74. The molecular weight excluding hydrogens is 357 g/mol. The first-order chi connectivity index (χ1) is 12.8. The van der Waals surface area contributed by atoms with Crippen LogP contribution in [0.1, 0.15) is 29.5 Å². The third-order valence-corrected chi connectivity index (χ3v) is 4.55. The monoisotopic (exact) mass is 378 g/mol. The fraction of sp³-hybridized carbons (Fsp3) is 0.350. The van der Waals surface area contributed by atoms with Crippen molar-refractivity contribution in [3.8, 4) is 0 Å². The van der Waals surface area contributed by atoms with Gasteiger partial charge in [0.1, 0.15) is 6.10 Å². The van der Waals surface area contributed by atoms with Gasteiger partial charge in [0, 0.05) is 24.5 Å². The summed E-state index contributed by atoms with van der Waals surface area (Å²) in [6.07, 6.45) is -3.79. The molecule has 1 aliphatic heterocycles. The summed E-state index contributed by atoms with van der Waals surface area (Å²) in [7, 11) is 0. The number of carbonyl (C=O) groups excluding carboxylic acids is 1. The lowest BCUT2D eigenvalue weighted by atomic mass is 10.1. The topological polar surface area (TPSA) is 50.4 Å². The number of rotatable bonds is 5. The van der Waals surface area contributed by atoms with E-state index in [0.29, 0.717) is 13.0 Å². The minimum absolute atomic E-state index is 0.0270. The van der Waals surface area contributed by atoms with Gasteiger partial charge in [-0.3, -0.25) is 4.79 Å². The zero-order valence-corrected chi connectivity index (χ0v) is 14.9. The van der Waals surface area contributed by atoms with Gasteiger partial charge < -0.3 is 15.4 Å². The van der Waals surface area contributed by atoms with Crippen molar-refractivity contribution < 1.29 is 22.7 Å². The number of nitrogens with one attached hydrogen (secondary N) is 2. The Labute approximate surface area is 155 Å². The number of halogens is 3. The molecule has 144 valence electrons. The van der Waals surface area contributed by atoms with Crippen molar-refractivity contribution in [3.05, 3.63) is 59.2 Å². The van der Waals surface area contributed by atoms with E-state index in [2.05, 4.69) is 10.6 Å². The molecule has 0 aliphatic carbocycles. The molecule has 2 aromatic rings. The van der Waals surface area contributed by atoms with Gasteiger partial charge in [-0.25, -0.2) is 0 Å². The van der Waals surface area contributed by atoms with E-state index in [1.54, 1.807) is 0 Å². The van der Waals surface area contributed by atoms with Crippen LogP contribution in [0.4, 0.5) is 24.5 Å². The Morgan fingerprint density at radius 1 is 1.22 bits per heavy atom. The minimum Gasteiger partial charge on any atom is -0.380 e. The van der Waals surface area contributed by atoms with E-state index in [4.69, 9.17) is 4.74 Å². The molecule has 0 aromatic heterocycles. The van der Waals surface area contributed by atoms with Crippen molar-refractivity contribution in [2.45, 2.75) is 38.6 Å². The van der Waals surface area contributed by atoms with Gasteiger partial charge in [0.25, 0.3) is 5.91 Å². The Morgan fingerprint density at radius 3 is 2.67 bits per heavy atom. The summed E-state index contributed by atoms with van der Waals surface area (Å²) in [6.45, 7) is 2.68. The minimum atomic E-state index is -4.54. The van der Waals surface area contributed by atoms with Crippen LogP contribution in [0, 0.1) is 6.92 Å². The summed E-state index contributed by atoms with van der Waals surface area (Å²) < 4.78 is 45.7. The molecule has 1 amide bonds. The number of carbonyl (C=O) groups is 1. The maximum atomic E-state index is 13.5. The lowest BCUT2D eigenvalue weighted by Gasteiger charge is -2.18. The highest BCUT2D eigenvalue weighted by Crippen LogP contribution is 2.37. The first kappa shape index (κ1) is 19.2. The van der Waals surface area contributed by atoms with Gasteiger partial charge in [0.05, 0.1) is 5.56 Å². The van der Waals surface area contributed by atoms with Crippen LogP contribution in [0.25, 0.3) is 0 Å². The van der Waals surface area contributed by atoms with E-state index in [1.807, 2.05) is 31.2 Å². The SMILES string of the molecule is Cc1ccccc1CNc1ccc(NC(=O)C2CCCO2)cc1C(F)(F)F. The van der Waals surface area contributed by atoms with Gasteiger partial charge in [0.2, 0.25) is 0 Å². The van der Waals surface area contributed by atoms with Crippen LogP contribution in [-0.4, -0.2) is 18.6 Å². The Balaban J connectivity index is 1.77. The summed E-state index contributed by atoms with van der Waals surface area (Å²) in [4.78, 5) is 12.1. The van der Waals surface area contributed by atoms with Crippen LogP contribution < -0.4 is 10.6 Å². The predicted molar refractivity (Wildman–Crippen MR) is 97.6 cm³/mol. The van der Waals surface area contributed by atoms with E-state index in [0.717, 1.165) is 23.6 Å². The zero-order chi connectivity index (χ0) is 19.4. The number of ether oxygens (including phenoxy) is 1. The second-order valence-corrected chi connectivity index (χ2v) is 6.53. The largest absolute Gasteiger partial charge is 0.418 e. The highest BCUT2D eigenvalue weighted by Gasteiger charge is 2.34. The molecule has 1 heterocycles. The van der Waals surface area contributed by atoms with Gasteiger partial charge >= 0.3 is 6.18 Å².